The summed E-state index contributed by atoms with van der Waals surface area (Å²) in [6, 6.07) is 2.61. The molecule has 1 heterocycles. The van der Waals surface area contributed by atoms with Gasteiger partial charge in [-0.25, -0.2) is 0 Å². The smallest absolute Gasteiger partial charge is 0.109 e. The molecule has 2 fully saturated rings. The van der Waals surface area contributed by atoms with Crippen LogP contribution in [0.1, 0.15) is 32.6 Å². The van der Waals surface area contributed by atoms with E-state index in [1.54, 1.807) is 0 Å². The maximum atomic E-state index is 9.56. The Kier molecular flexibility index (Phi) is 3.51. The maximum absolute atomic E-state index is 9.56. The second-order valence-corrected chi connectivity index (χ2v) is 5.53. The van der Waals surface area contributed by atoms with Crippen molar-refractivity contribution in [3.05, 3.63) is 0 Å². The van der Waals surface area contributed by atoms with Crippen LogP contribution in [-0.4, -0.2) is 48.6 Å². The molecule has 2 aliphatic rings. The molecular formula is C13H23N3. The fourth-order valence-corrected chi connectivity index (χ4v) is 3.18. The van der Waals surface area contributed by atoms with Crippen molar-refractivity contribution in [3.8, 4) is 6.07 Å². The third-order valence-electron chi connectivity index (χ3n) is 4.54. The van der Waals surface area contributed by atoms with Crippen LogP contribution in [0.2, 0.25) is 0 Å². The quantitative estimate of drug-likeness (QED) is 0.711. The molecule has 2 rings (SSSR count). The molecule has 1 aliphatic heterocycles. The minimum absolute atomic E-state index is 0.211. The molecule has 0 spiro atoms. The van der Waals surface area contributed by atoms with Crippen LogP contribution < -0.4 is 0 Å². The molecule has 90 valence electrons. The first-order valence-electron chi connectivity index (χ1n) is 6.51. The van der Waals surface area contributed by atoms with Crippen molar-refractivity contribution in [1.29, 1.82) is 5.26 Å². The van der Waals surface area contributed by atoms with Gasteiger partial charge in [0.1, 0.15) is 5.54 Å². The summed E-state index contributed by atoms with van der Waals surface area (Å²) in [5, 5.41) is 9.56. The van der Waals surface area contributed by atoms with Gasteiger partial charge in [-0.3, -0.25) is 4.90 Å². The first-order chi connectivity index (χ1) is 7.66. The maximum Gasteiger partial charge on any atom is 0.109 e. The monoisotopic (exact) mass is 221 g/mol. The van der Waals surface area contributed by atoms with Crippen LogP contribution in [0.5, 0.6) is 0 Å². The second kappa shape index (κ2) is 4.73. The van der Waals surface area contributed by atoms with E-state index in [4.69, 9.17) is 0 Å². The van der Waals surface area contributed by atoms with E-state index in [9.17, 15) is 5.26 Å². The SMILES string of the molecule is CN1CCN(C(C)(C#N)C2CCCC2)CC1. The molecule has 3 heteroatoms. The molecule has 1 aliphatic carbocycles. The Morgan fingerprint density at radius 3 is 2.19 bits per heavy atom. The summed E-state index contributed by atoms with van der Waals surface area (Å²) in [6.07, 6.45) is 5.12. The lowest BCUT2D eigenvalue weighted by atomic mass is 9.83. The minimum Gasteiger partial charge on any atom is -0.304 e. The lowest BCUT2D eigenvalue weighted by Crippen LogP contribution is -2.57. The van der Waals surface area contributed by atoms with Gasteiger partial charge in [0.15, 0.2) is 0 Å². The van der Waals surface area contributed by atoms with Gasteiger partial charge in [-0.05, 0) is 32.7 Å². The Morgan fingerprint density at radius 2 is 1.69 bits per heavy atom. The molecule has 1 atom stereocenters. The number of nitrogens with zero attached hydrogens (tertiary/aromatic N) is 3. The highest BCUT2D eigenvalue weighted by Crippen LogP contribution is 2.37. The predicted octanol–water partition coefficient (Wildman–Crippen LogP) is 1.71. The standard InChI is InChI=1S/C13H23N3/c1-13(11-14,12-5-3-4-6-12)16-9-7-15(2)8-10-16/h12H,3-10H2,1-2H3. The van der Waals surface area contributed by atoms with Gasteiger partial charge in [-0.2, -0.15) is 5.26 Å². The van der Waals surface area contributed by atoms with Gasteiger partial charge in [0.2, 0.25) is 0 Å². The van der Waals surface area contributed by atoms with Crippen molar-refractivity contribution < 1.29 is 0 Å². The zero-order chi connectivity index (χ0) is 11.6. The van der Waals surface area contributed by atoms with Gasteiger partial charge in [0.05, 0.1) is 6.07 Å². The van der Waals surface area contributed by atoms with Crippen molar-refractivity contribution in [2.24, 2.45) is 5.92 Å². The summed E-state index contributed by atoms with van der Waals surface area (Å²) in [4.78, 5) is 4.77. The van der Waals surface area contributed by atoms with Gasteiger partial charge in [0, 0.05) is 26.2 Å². The fraction of sp³-hybridized carbons (Fsp3) is 0.923. The van der Waals surface area contributed by atoms with E-state index < -0.39 is 0 Å². The lowest BCUT2D eigenvalue weighted by Gasteiger charge is -2.44. The van der Waals surface area contributed by atoms with Crippen molar-refractivity contribution in [1.82, 2.24) is 9.80 Å². The van der Waals surface area contributed by atoms with E-state index in [0.717, 1.165) is 26.2 Å². The summed E-state index contributed by atoms with van der Waals surface area (Å²) >= 11 is 0. The largest absolute Gasteiger partial charge is 0.304 e. The molecule has 0 aromatic heterocycles. The molecule has 3 nitrogen and oxygen atoms in total. The topological polar surface area (TPSA) is 30.3 Å². The zero-order valence-electron chi connectivity index (χ0n) is 10.6. The van der Waals surface area contributed by atoms with Crippen LogP contribution in [0.3, 0.4) is 0 Å². The number of nitriles is 1. The van der Waals surface area contributed by atoms with Crippen LogP contribution in [0.15, 0.2) is 0 Å². The number of rotatable bonds is 2. The highest BCUT2D eigenvalue weighted by Gasteiger charge is 2.41. The highest BCUT2D eigenvalue weighted by atomic mass is 15.3. The molecule has 0 radical (unpaired) electrons. The van der Waals surface area contributed by atoms with Gasteiger partial charge in [-0.1, -0.05) is 12.8 Å². The van der Waals surface area contributed by atoms with Crippen LogP contribution in [0, 0.1) is 17.2 Å². The van der Waals surface area contributed by atoms with Crippen molar-refractivity contribution in [3.63, 3.8) is 0 Å². The summed E-state index contributed by atoms with van der Waals surface area (Å²) in [5.74, 6) is 0.598. The molecule has 0 aromatic rings. The van der Waals surface area contributed by atoms with Crippen molar-refractivity contribution >= 4 is 0 Å². The number of hydrogen-bond donors (Lipinski definition) is 0. The van der Waals surface area contributed by atoms with Crippen LogP contribution in [0.25, 0.3) is 0 Å². The van der Waals surface area contributed by atoms with Gasteiger partial charge < -0.3 is 4.90 Å². The summed E-state index contributed by atoms with van der Waals surface area (Å²) in [7, 11) is 2.16. The molecule has 0 amide bonds. The van der Waals surface area contributed by atoms with Crippen LogP contribution in [-0.2, 0) is 0 Å². The zero-order valence-corrected chi connectivity index (χ0v) is 10.6. The highest BCUT2D eigenvalue weighted by molar-refractivity contribution is 5.10. The van der Waals surface area contributed by atoms with E-state index in [0.29, 0.717) is 5.92 Å². The van der Waals surface area contributed by atoms with E-state index in [1.165, 1.54) is 25.7 Å². The molecule has 1 saturated carbocycles. The molecule has 16 heavy (non-hydrogen) atoms. The number of likely N-dealkylation sites (N-methyl/N-ethyl adjacent to an activating group) is 1. The Hall–Kier alpha value is -0.590. The third-order valence-corrected chi connectivity index (χ3v) is 4.54. The molecule has 0 bridgehead atoms. The normalized spacial score (nSPS) is 28.8. The Bertz CT molecular complexity index is 269. The van der Waals surface area contributed by atoms with Gasteiger partial charge in [-0.15, -0.1) is 0 Å². The third kappa shape index (κ3) is 2.09. The van der Waals surface area contributed by atoms with E-state index in [-0.39, 0.29) is 5.54 Å². The Morgan fingerprint density at radius 1 is 1.12 bits per heavy atom. The van der Waals surface area contributed by atoms with E-state index in [1.807, 2.05) is 0 Å². The molecule has 1 unspecified atom stereocenters. The fourth-order valence-electron chi connectivity index (χ4n) is 3.18. The number of piperazine rings is 1. The van der Waals surface area contributed by atoms with Crippen molar-refractivity contribution in [2.75, 3.05) is 33.2 Å². The summed E-state index contributed by atoms with van der Waals surface area (Å²) < 4.78 is 0. The van der Waals surface area contributed by atoms with Crippen LogP contribution >= 0.6 is 0 Å². The van der Waals surface area contributed by atoms with Gasteiger partial charge in [0.25, 0.3) is 0 Å². The first-order valence-corrected chi connectivity index (χ1v) is 6.51. The lowest BCUT2D eigenvalue weighted by molar-refractivity contribution is 0.0486. The molecular weight excluding hydrogens is 198 g/mol. The Balaban J connectivity index is 2.05. The first kappa shape index (κ1) is 11.9. The minimum atomic E-state index is -0.211. The summed E-state index contributed by atoms with van der Waals surface area (Å²) in [6.45, 7) is 6.47. The molecule has 1 saturated heterocycles. The van der Waals surface area contributed by atoms with E-state index >= 15 is 0 Å². The molecule has 0 N–H and O–H groups in total. The summed E-state index contributed by atoms with van der Waals surface area (Å²) in [5.41, 5.74) is -0.211. The predicted molar refractivity (Wildman–Crippen MR) is 65.0 cm³/mol. The Labute approximate surface area is 99.0 Å². The number of hydrogen-bond acceptors (Lipinski definition) is 3. The average molecular weight is 221 g/mol. The van der Waals surface area contributed by atoms with Crippen LogP contribution in [0.4, 0.5) is 0 Å². The molecule has 0 aromatic carbocycles. The van der Waals surface area contributed by atoms with Gasteiger partial charge >= 0.3 is 0 Å². The second-order valence-electron chi connectivity index (χ2n) is 5.53. The van der Waals surface area contributed by atoms with E-state index in [2.05, 4.69) is 29.8 Å². The average Bonchev–Trinajstić information content (AvgIpc) is 2.83. The van der Waals surface area contributed by atoms with Crippen molar-refractivity contribution in [2.45, 2.75) is 38.1 Å².